The maximum Gasteiger partial charge on any atom is 0.323 e. The summed E-state index contributed by atoms with van der Waals surface area (Å²) >= 11 is 3.46. The van der Waals surface area contributed by atoms with Gasteiger partial charge in [-0.15, -0.1) is 0 Å². The smallest absolute Gasteiger partial charge is 0.323 e. The van der Waals surface area contributed by atoms with Crippen LogP contribution in [0.2, 0.25) is 0 Å². The zero-order chi connectivity index (χ0) is 17.4. The van der Waals surface area contributed by atoms with Crippen molar-refractivity contribution in [2.75, 3.05) is 23.3 Å². The molecule has 0 aliphatic carbocycles. The second-order valence-electron chi connectivity index (χ2n) is 5.17. The first-order chi connectivity index (χ1) is 11.6. The molecule has 4 nitrogen and oxygen atoms in total. The van der Waals surface area contributed by atoms with Gasteiger partial charge >= 0.3 is 6.03 Å². The lowest BCUT2D eigenvalue weighted by Crippen LogP contribution is -2.24. The zero-order valence-electron chi connectivity index (χ0n) is 13.9. The van der Waals surface area contributed by atoms with Gasteiger partial charge in [-0.05, 0) is 55.8 Å². The third-order valence-electron chi connectivity index (χ3n) is 3.64. The molecule has 0 saturated heterocycles. The van der Waals surface area contributed by atoms with Crippen molar-refractivity contribution in [2.45, 2.75) is 13.8 Å². The molecule has 0 aliphatic rings. The van der Waals surface area contributed by atoms with Crippen LogP contribution < -0.4 is 15.5 Å². The molecule has 0 bridgehead atoms. The molecule has 2 N–H and O–H groups in total. The summed E-state index contributed by atoms with van der Waals surface area (Å²) in [4.78, 5) is 14.2. The largest absolute Gasteiger partial charge is 0.372 e. The molecule has 0 spiro atoms. The van der Waals surface area contributed by atoms with Gasteiger partial charge in [0.1, 0.15) is 0 Å². The molecular formula is C19H22BrN3O. The summed E-state index contributed by atoms with van der Waals surface area (Å²) < 4.78 is 0.982. The van der Waals surface area contributed by atoms with Crippen LogP contribution in [-0.4, -0.2) is 19.1 Å². The van der Waals surface area contributed by atoms with Gasteiger partial charge in [0.2, 0.25) is 0 Å². The van der Waals surface area contributed by atoms with E-state index in [2.05, 4.69) is 45.3 Å². The van der Waals surface area contributed by atoms with Crippen molar-refractivity contribution in [1.82, 2.24) is 5.32 Å². The second-order valence-corrected chi connectivity index (χ2v) is 6.03. The highest BCUT2D eigenvalue weighted by atomic mass is 79.9. The average molecular weight is 388 g/mol. The van der Waals surface area contributed by atoms with Crippen molar-refractivity contribution >= 4 is 39.4 Å². The lowest BCUT2D eigenvalue weighted by molar-refractivity contribution is 0.255. The SMILES string of the molecule is CCN(CC)c1ccc(NC(=O)N/C=C/c2ccccc2Br)cc1. The molecule has 0 aromatic heterocycles. The van der Waals surface area contributed by atoms with Crippen molar-refractivity contribution in [3.8, 4) is 0 Å². The fourth-order valence-corrected chi connectivity index (χ4v) is 2.75. The molecule has 24 heavy (non-hydrogen) atoms. The molecule has 0 atom stereocenters. The number of anilines is 2. The summed E-state index contributed by atoms with van der Waals surface area (Å²) in [6.07, 6.45) is 3.47. The third-order valence-corrected chi connectivity index (χ3v) is 4.36. The monoisotopic (exact) mass is 387 g/mol. The van der Waals surface area contributed by atoms with Gasteiger partial charge in [-0.3, -0.25) is 0 Å². The Morgan fingerprint density at radius 2 is 1.75 bits per heavy atom. The standard InChI is InChI=1S/C19H22BrN3O/c1-3-23(4-2)17-11-9-16(10-12-17)22-19(24)21-14-13-15-7-5-6-8-18(15)20/h5-14H,3-4H2,1-2H3,(H2,21,22,24)/b14-13+. The van der Waals surface area contributed by atoms with Crippen LogP contribution in [0.4, 0.5) is 16.2 Å². The number of halogens is 1. The Kier molecular flexibility index (Phi) is 6.88. The van der Waals surface area contributed by atoms with Gasteiger partial charge in [0, 0.05) is 35.1 Å². The van der Waals surface area contributed by atoms with Gasteiger partial charge in [-0.2, -0.15) is 0 Å². The van der Waals surface area contributed by atoms with E-state index < -0.39 is 0 Å². The molecule has 2 aromatic rings. The van der Waals surface area contributed by atoms with Gasteiger partial charge in [0.05, 0.1) is 0 Å². The van der Waals surface area contributed by atoms with E-state index in [-0.39, 0.29) is 6.03 Å². The Bertz CT molecular complexity index is 694. The average Bonchev–Trinajstić information content (AvgIpc) is 2.59. The highest BCUT2D eigenvalue weighted by Crippen LogP contribution is 2.18. The lowest BCUT2D eigenvalue weighted by Gasteiger charge is -2.21. The second kappa shape index (κ2) is 9.13. The number of urea groups is 1. The van der Waals surface area contributed by atoms with E-state index in [0.29, 0.717) is 0 Å². The minimum atomic E-state index is -0.270. The molecule has 0 radical (unpaired) electrons. The Labute approximate surface area is 151 Å². The van der Waals surface area contributed by atoms with Crippen molar-refractivity contribution < 1.29 is 4.79 Å². The molecule has 2 amide bonds. The Balaban J connectivity index is 1.89. The van der Waals surface area contributed by atoms with Crippen LogP contribution in [0.1, 0.15) is 19.4 Å². The highest BCUT2D eigenvalue weighted by Gasteiger charge is 2.03. The number of carbonyl (C=O) groups is 1. The number of rotatable bonds is 6. The van der Waals surface area contributed by atoms with E-state index >= 15 is 0 Å². The first kappa shape index (κ1) is 18.1. The zero-order valence-corrected chi connectivity index (χ0v) is 15.5. The van der Waals surface area contributed by atoms with Crippen LogP contribution in [0.5, 0.6) is 0 Å². The number of carbonyl (C=O) groups excluding carboxylic acids is 1. The minimum Gasteiger partial charge on any atom is -0.372 e. The predicted molar refractivity (Wildman–Crippen MR) is 105 cm³/mol. The van der Waals surface area contributed by atoms with Gasteiger partial charge < -0.3 is 15.5 Å². The Morgan fingerprint density at radius 1 is 1.08 bits per heavy atom. The molecule has 0 unspecified atom stereocenters. The fourth-order valence-electron chi connectivity index (χ4n) is 2.33. The number of nitrogens with zero attached hydrogens (tertiary/aromatic N) is 1. The number of amides is 2. The first-order valence-electron chi connectivity index (χ1n) is 7.97. The normalized spacial score (nSPS) is 10.6. The summed E-state index contributed by atoms with van der Waals surface area (Å²) in [5, 5.41) is 5.52. The van der Waals surface area contributed by atoms with Crippen LogP contribution in [0, 0.1) is 0 Å². The van der Waals surface area contributed by atoms with Crippen LogP contribution in [0.15, 0.2) is 59.2 Å². The van der Waals surface area contributed by atoms with Crippen LogP contribution in [0.3, 0.4) is 0 Å². The van der Waals surface area contributed by atoms with Crippen LogP contribution in [0.25, 0.3) is 6.08 Å². The molecule has 0 fully saturated rings. The molecular weight excluding hydrogens is 366 g/mol. The van der Waals surface area contributed by atoms with Crippen molar-refractivity contribution in [1.29, 1.82) is 0 Å². The number of nitrogens with one attached hydrogen (secondary N) is 2. The topological polar surface area (TPSA) is 44.4 Å². The van der Waals surface area contributed by atoms with E-state index in [1.807, 2.05) is 54.6 Å². The van der Waals surface area contributed by atoms with Crippen molar-refractivity contribution in [3.63, 3.8) is 0 Å². The Morgan fingerprint density at radius 3 is 2.38 bits per heavy atom. The molecule has 2 aromatic carbocycles. The van der Waals surface area contributed by atoms with E-state index in [1.165, 1.54) is 0 Å². The number of hydrogen-bond donors (Lipinski definition) is 2. The summed E-state index contributed by atoms with van der Waals surface area (Å²) in [5.74, 6) is 0. The van der Waals surface area contributed by atoms with Gasteiger partial charge in [0.25, 0.3) is 0 Å². The highest BCUT2D eigenvalue weighted by molar-refractivity contribution is 9.10. The maximum atomic E-state index is 11.9. The minimum absolute atomic E-state index is 0.270. The molecule has 0 aliphatic heterocycles. The molecule has 126 valence electrons. The van der Waals surface area contributed by atoms with Crippen LogP contribution >= 0.6 is 15.9 Å². The predicted octanol–water partition coefficient (Wildman–Crippen LogP) is 5.09. The summed E-state index contributed by atoms with van der Waals surface area (Å²) in [7, 11) is 0. The third kappa shape index (κ3) is 5.13. The summed E-state index contributed by atoms with van der Waals surface area (Å²) in [6, 6.07) is 15.4. The van der Waals surface area contributed by atoms with E-state index in [1.54, 1.807) is 6.20 Å². The van der Waals surface area contributed by atoms with Crippen molar-refractivity contribution in [3.05, 3.63) is 64.8 Å². The molecule has 0 saturated carbocycles. The summed E-state index contributed by atoms with van der Waals surface area (Å²) in [5.41, 5.74) is 2.92. The molecule has 2 rings (SSSR count). The first-order valence-corrected chi connectivity index (χ1v) is 8.77. The maximum absolute atomic E-state index is 11.9. The molecule has 5 heteroatoms. The Hall–Kier alpha value is -2.27. The molecule has 0 heterocycles. The van der Waals surface area contributed by atoms with Gasteiger partial charge in [-0.25, -0.2) is 4.79 Å². The quantitative estimate of drug-likeness (QED) is 0.724. The van der Waals surface area contributed by atoms with E-state index in [4.69, 9.17) is 0 Å². The lowest BCUT2D eigenvalue weighted by atomic mass is 10.2. The van der Waals surface area contributed by atoms with E-state index in [9.17, 15) is 4.79 Å². The summed E-state index contributed by atoms with van der Waals surface area (Å²) in [6.45, 7) is 6.17. The van der Waals surface area contributed by atoms with Crippen LogP contribution in [-0.2, 0) is 0 Å². The number of hydrogen-bond acceptors (Lipinski definition) is 2. The van der Waals surface area contributed by atoms with Gasteiger partial charge in [-0.1, -0.05) is 34.1 Å². The van der Waals surface area contributed by atoms with Gasteiger partial charge in [0.15, 0.2) is 0 Å². The van der Waals surface area contributed by atoms with E-state index in [0.717, 1.165) is 34.5 Å². The van der Waals surface area contributed by atoms with Crippen molar-refractivity contribution in [2.24, 2.45) is 0 Å². The fraction of sp³-hybridized carbons (Fsp3) is 0.211. The number of benzene rings is 2.